The monoisotopic (exact) mass is 206 g/mol. The zero-order chi connectivity index (χ0) is 10.8. The number of hydrogen-bond donors (Lipinski definition) is 1. The molecule has 2 nitrogen and oxygen atoms in total. The van der Waals surface area contributed by atoms with Gasteiger partial charge in [0.1, 0.15) is 5.75 Å². The maximum Gasteiger partial charge on any atom is 0.124 e. The summed E-state index contributed by atoms with van der Waals surface area (Å²) < 4.78 is 5.28. The lowest BCUT2D eigenvalue weighted by molar-refractivity contribution is 0.150. The Kier molecular flexibility index (Phi) is 2.96. The number of rotatable bonds is 4. The topological polar surface area (TPSA) is 29.5 Å². The number of ether oxygens (including phenoxy) is 1. The molecule has 1 saturated carbocycles. The molecule has 0 saturated heterocycles. The Labute approximate surface area is 90.9 Å². The highest BCUT2D eigenvalue weighted by atomic mass is 16.5. The summed E-state index contributed by atoms with van der Waals surface area (Å²) >= 11 is 0. The fraction of sp³-hybridized carbons (Fsp3) is 0.538. The van der Waals surface area contributed by atoms with E-state index in [9.17, 15) is 5.11 Å². The smallest absolute Gasteiger partial charge is 0.124 e. The molecule has 0 spiro atoms. The number of benzene rings is 1. The van der Waals surface area contributed by atoms with Crippen LogP contribution >= 0.6 is 0 Å². The van der Waals surface area contributed by atoms with E-state index in [1.807, 2.05) is 6.07 Å². The lowest BCUT2D eigenvalue weighted by atomic mass is 10.0. The van der Waals surface area contributed by atoms with Gasteiger partial charge >= 0.3 is 0 Å². The van der Waals surface area contributed by atoms with Gasteiger partial charge in [-0.3, -0.25) is 0 Å². The van der Waals surface area contributed by atoms with Crippen molar-refractivity contribution in [1.82, 2.24) is 0 Å². The largest absolute Gasteiger partial charge is 0.496 e. The Balaban J connectivity index is 2.31. The number of aryl methyl sites for hydroxylation is 1. The van der Waals surface area contributed by atoms with Crippen LogP contribution in [-0.4, -0.2) is 12.2 Å². The van der Waals surface area contributed by atoms with E-state index in [1.165, 1.54) is 5.56 Å². The van der Waals surface area contributed by atoms with Gasteiger partial charge in [-0.2, -0.15) is 0 Å². The summed E-state index contributed by atoms with van der Waals surface area (Å²) in [6.07, 6.45) is 2.93. The molecule has 1 N–H and O–H groups in total. The Morgan fingerprint density at radius 2 is 2.20 bits per heavy atom. The van der Waals surface area contributed by atoms with Crippen LogP contribution in [0.25, 0.3) is 0 Å². The van der Waals surface area contributed by atoms with Gasteiger partial charge in [-0.15, -0.1) is 0 Å². The second-order valence-corrected chi connectivity index (χ2v) is 4.21. The zero-order valence-corrected chi connectivity index (χ0v) is 9.36. The molecule has 0 radical (unpaired) electrons. The van der Waals surface area contributed by atoms with Gasteiger partial charge in [0.05, 0.1) is 13.2 Å². The van der Waals surface area contributed by atoms with Gasteiger partial charge in [-0.1, -0.05) is 13.0 Å². The first-order valence-corrected chi connectivity index (χ1v) is 5.61. The minimum Gasteiger partial charge on any atom is -0.496 e. The quantitative estimate of drug-likeness (QED) is 0.820. The van der Waals surface area contributed by atoms with E-state index in [2.05, 4.69) is 19.1 Å². The third-order valence-corrected chi connectivity index (χ3v) is 3.09. The van der Waals surface area contributed by atoms with E-state index < -0.39 is 0 Å². The number of aliphatic hydroxyl groups excluding tert-OH is 1. The molecule has 0 aliphatic heterocycles. The Hall–Kier alpha value is -1.02. The van der Waals surface area contributed by atoms with E-state index in [0.29, 0.717) is 5.92 Å². The summed E-state index contributed by atoms with van der Waals surface area (Å²) in [4.78, 5) is 0. The maximum atomic E-state index is 10.1. The fourth-order valence-corrected chi connectivity index (χ4v) is 1.90. The van der Waals surface area contributed by atoms with Crippen molar-refractivity contribution in [2.24, 2.45) is 5.92 Å². The molecule has 1 aliphatic carbocycles. The Morgan fingerprint density at radius 1 is 1.47 bits per heavy atom. The summed E-state index contributed by atoms with van der Waals surface area (Å²) in [6, 6.07) is 6.09. The molecule has 0 amide bonds. The first-order valence-electron chi connectivity index (χ1n) is 5.61. The minimum atomic E-state index is -0.341. The predicted octanol–water partition coefficient (Wildman–Crippen LogP) is 2.70. The van der Waals surface area contributed by atoms with Crippen LogP contribution in [-0.2, 0) is 6.42 Å². The third-order valence-electron chi connectivity index (χ3n) is 3.09. The highest BCUT2D eigenvalue weighted by molar-refractivity contribution is 5.39. The molecular weight excluding hydrogens is 188 g/mol. The van der Waals surface area contributed by atoms with Crippen molar-refractivity contribution in [1.29, 1.82) is 0 Å². The van der Waals surface area contributed by atoms with E-state index in [0.717, 1.165) is 30.6 Å². The van der Waals surface area contributed by atoms with Gasteiger partial charge < -0.3 is 9.84 Å². The summed E-state index contributed by atoms with van der Waals surface area (Å²) in [5, 5.41) is 10.1. The fourth-order valence-electron chi connectivity index (χ4n) is 1.90. The van der Waals surface area contributed by atoms with Crippen molar-refractivity contribution >= 4 is 0 Å². The standard InChI is InChI=1S/C13H18O2/c1-3-9-4-7-12(15-2)11(8-9)13(14)10-5-6-10/h4,7-8,10,13-14H,3,5-6H2,1-2H3. The minimum absolute atomic E-state index is 0.341. The molecule has 1 unspecified atom stereocenters. The molecule has 1 aliphatic rings. The summed E-state index contributed by atoms with van der Waals surface area (Å²) in [5.74, 6) is 1.26. The zero-order valence-electron chi connectivity index (χ0n) is 9.36. The van der Waals surface area contributed by atoms with Crippen LogP contribution < -0.4 is 4.74 Å². The first-order chi connectivity index (χ1) is 7.26. The molecule has 0 bridgehead atoms. The molecule has 2 heteroatoms. The molecule has 15 heavy (non-hydrogen) atoms. The lowest BCUT2D eigenvalue weighted by Gasteiger charge is -2.15. The summed E-state index contributed by atoms with van der Waals surface area (Å²) in [5.41, 5.74) is 2.21. The molecule has 1 atom stereocenters. The van der Waals surface area contributed by atoms with Crippen LogP contribution in [0.2, 0.25) is 0 Å². The second kappa shape index (κ2) is 4.23. The second-order valence-electron chi connectivity index (χ2n) is 4.21. The van der Waals surface area contributed by atoms with Gasteiger partial charge in [0, 0.05) is 5.56 Å². The molecular formula is C13H18O2. The van der Waals surface area contributed by atoms with Gasteiger partial charge in [0.2, 0.25) is 0 Å². The average molecular weight is 206 g/mol. The average Bonchev–Trinajstić information content (AvgIpc) is 3.11. The molecule has 1 aromatic rings. The van der Waals surface area contributed by atoms with Crippen LogP contribution in [0.4, 0.5) is 0 Å². The lowest BCUT2D eigenvalue weighted by Crippen LogP contribution is -2.03. The number of aliphatic hydroxyl groups is 1. The normalized spacial score (nSPS) is 17.5. The highest BCUT2D eigenvalue weighted by Gasteiger charge is 2.32. The Bertz CT molecular complexity index is 342. The summed E-state index contributed by atoms with van der Waals surface area (Å²) in [7, 11) is 1.66. The Morgan fingerprint density at radius 3 is 2.73 bits per heavy atom. The molecule has 0 aromatic heterocycles. The highest BCUT2D eigenvalue weighted by Crippen LogP contribution is 2.43. The molecule has 1 aromatic carbocycles. The number of hydrogen-bond acceptors (Lipinski definition) is 2. The molecule has 2 rings (SSSR count). The van der Waals surface area contributed by atoms with E-state index in [1.54, 1.807) is 7.11 Å². The SMILES string of the molecule is CCc1ccc(OC)c(C(O)C2CC2)c1. The molecule has 0 heterocycles. The van der Waals surface area contributed by atoms with Crippen LogP contribution in [0.3, 0.4) is 0 Å². The van der Waals surface area contributed by atoms with Crippen molar-refractivity contribution in [3.63, 3.8) is 0 Å². The van der Waals surface area contributed by atoms with Crippen LogP contribution in [0.15, 0.2) is 18.2 Å². The van der Waals surface area contributed by atoms with Crippen LogP contribution in [0.1, 0.15) is 37.0 Å². The third kappa shape index (κ3) is 2.15. The van der Waals surface area contributed by atoms with Gasteiger partial charge in [0.25, 0.3) is 0 Å². The van der Waals surface area contributed by atoms with Crippen LogP contribution in [0, 0.1) is 5.92 Å². The van der Waals surface area contributed by atoms with E-state index >= 15 is 0 Å². The maximum absolute atomic E-state index is 10.1. The van der Waals surface area contributed by atoms with Gasteiger partial charge in [-0.25, -0.2) is 0 Å². The predicted molar refractivity (Wildman–Crippen MR) is 60.1 cm³/mol. The van der Waals surface area contributed by atoms with Gasteiger partial charge in [0.15, 0.2) is 0 Å². The van der Waals surface area contributed by atoms with Crippen molar-refractivity contribution in [2.45, 2.75) is 32.3 Å². The number of methoxy groups -OCH3 is 1. The van der Waals surface area contributed by atoms with Crippen molar-refractivity contribution in [3.05, 3.63) is 29.3 Å². The molecule has 82 valence electrons. The van der Waals surface area contributed by atoms with Gasteiger partial charge in [-0.05, 0) is 42.9 Å². The van der Waals surface area contributed by atoms with E-state index in [4.69, 9.17) is 4.74 Å². The van der Waals surface area contributed by atoms with Crippen molar-refractivity contribution in [3.8, 4) is 5.75 Å². The van der Waals surface area contributed by atoms with E-state index in [-0.39, 0.29) is 6.10 Å². The van der Waals surface area contributed by atoms with Crippen molar-refractivity contribution in [2.75, 3.05) is 7.11 Å². The van der Waals surface area contributed by atoms with Crippen LogP contribution in [0.5, 0.6) is 5.75 Å². The summed E-state index contributed by atoms with van der Waals surface area (Å²) in [6.45, 7) is 2.12. The van der Waals surface area contributed by atoms with Crippen molar-refractivity contribution < 1.29 is 9.84 Å². The molecule has 1 fully saturated rings. The first kappa shape index (κ1) is 10.5.